The van der Waals surface area contributed by atoms with Gasteiger partial charge < -0.3 is 28.6 Å². The van der Waals surface area contributed by atoms with Crippen molar-refractivity contribution >= 4 is 22.7 Å². The third-order valence-corrected chi connectivity index (χ3v) is 5.82. The Kier molecular flexibility index (Phi) is 7.12. The van der Waals surface area contributed by atoms with Crippen molar-refractivity contribution in [2.75, 3.05) is 34.0 Å². The smallest absolute Gasteiger partial charge is 0.290 e. The Bertz CT molecular complexity index is 1260. The molecule has 1 atom stereocenters. The SMILES string of the molecule is COCCN1C(=O)C(O)=C(C(=O)c2cc3cccc(OC)c3o2)C1c1ccc(OCC(C)C)cc1. The number of para-hydroxylation sites is 1. The van der Waals surface area contributed by atoms with E-state index in [0.29, 0.717) is 40.6 Å². The Hall–Kier alpha value is -3.78. The van der Waals surface area contributed by atoms with E-state index < -0.39 is 23.5 Å². The van der Waals surface area contributed by atoms with Crippen LogP contribution in [0.15, 0.2) is 64.3 Å². The van der Waals surface area contributed by atoms with Gasteiger partial charge in [0.25, 0.3) is 5.91 Å². The van der Waals surface area contributed by atoms with Gasteiger partial charge in [-0.25, -0.2) is 0 Å². The van der Waals surface area contributed by atoms with Gasteiger partial charge in [-0.3, -0.25) is 9.59 Å². The summed E-state index contributed by atoms with van der Waals surface area (Å²) in [6.07, 6.45) is 0. The zero-order chi connectivity index (χ0) is 25.1. The average Bonchev–Trinajstić information content (AvgIpc) is 3.40. The van der Waals surface area contributed by atoms with E-state index in [2.05, 4.69) is 13.8 Å². The predicted octanol–water partition coefficient (Wildman–Crippen LogP) is 4.70. The molecule has 1 aromatic heterocycles. The van der Waals surface area contributed by atoms with E-state index in [1.54, 1.807) is 48.5 Å². The number of hydrogen-bond acceptors (Lipinski definition) is 7. The van der Waals surface area contributed by atoms with Crippen LogP contribution in [-0.2, 0) is 9.53 Å². The summed E-state index contributed by atoms with van der Waals surface area (Å²) in [4.78, 5) is 28.1. The normalized spacial score (nSPS) is 16.0. The molecule has 2 heterocycles. The van der Waals surface area contributed by atoms with Crippen molar-refractivity contribution in [2.24, 2.45) is 5.92 Å². The van der Waals surface area contributed by atoms with Crippen LogP contribution < -0.4 is 9.47 Å². The van der Waals surface area contributed by atoms with Gasteiger partial charge in [-0.05, 0) is 35.7 Å². The van der Waals surface area contributed by atoms with Crippen LogP contribution in [0.3, 0.4) is 0 Å². The van der Waals surface area contributed by atoms with Crippen LogP contribution in [0.2, 0.25) is 0 Å². The molecule has 1 N–H and O–H groups in total. The van der Waals surface area contributed by atoms with E-state index in [1.165, 1.54) is 19.1 Å². The second-order valence-electron chi connectivity index (χ2n) is 8.75. The second-order valence-corrected chi connectivity index (χ2v) is 8.75. The number of carbonyl (C=O) groups is 2. The molecule has 1 aliphatic rings. The lowest BCUT2D eigenvalue weighted by atomic mass is 9.95. The Morgan fingerprint density at radius 1 is 1.14 bits per heavy atom. The van der Waals surface area contributed by atoms with Gasteiger partial charge in [0.15, 0.2) is 22.9 Å². The van der Waals surface area contributed by atoms with E-state index in [-0.39, 0.29) is 24.5 Å². The molecule has 2 aromatic carbocycles. The van der Waals surface area contributed by atoms with Gasteiger partial charge in [0, 0.05) is 19.0 Å². The molecule has 1 aliphatic heterocycles. The van der Waals surface area contributed by atoms with E-state index >= 15 is 0 Å². The Morgan fingerprint density at radius 2 is 1.89 bits per heavy atom. The van der Waals surface area contributed by atoms with Crippen LogP contribution in [0, 0.1) is 5.92 Å². The maximum atomic E-state index is 13.6. The third kappa shape index (κ3) is 4.74. The molecule has 184 valence electrons. The molecule has 0 spiro atoms. The zero-order valence-electron chi connectivity index (χ0n) is 20.2. The Balaban J connectivity index is 1.73. The summed E-state index contributed by atoms with van der Waals surface area (Å²) < 4.78 is 22.1. The van der Waals surface area contributed by atoms with Crippen molar-refractivity contribution in [3.63, 3.8) is 0 Å². The fourth-order valence-corrected chi connectivity index (χ4v) is 4.10. The molecule has 35 heavy (non-hydrogen) atoms. The first-order valence-electron chi connectivity index (χ1n) is 11.4. The number of rotatable bonds is 10. The number of amides is 1. The quantitative estimate of drug-likeness (QED) is 0.421. The summed E-state index contributed by atoms with van der Waals surface area (Å²) in [7, 11) is 3.04. The van der Waals surface area contributed by atoms with Crippen molar-refractivity contribution in [3.8, 4) is 11.5 Å². The minimum absolute atomic E-state index is 0.00864. The first-order valence-corrected chi connectivity index (χ1v) is 11.4. The first kappa shape index (κ1) is 24.3. The number of carbonyl (C=O) groups excluding carboxylic acids is 2. The third-order valence-electron chi connectivity index (χ3n) is 5.82. The average molecular weight is 480 g/mol. The van der Waals surface area contributed by atoms with Crippen LogP contribution in [0.5, 0.6) is 11.5 Å². The molecule has 4 rings (SSSR count). The predicted molar refractivity (Wildman–Crippen MR) is 130 cm³/mol. The highest BCUT2D eigenvalue weighted by Gasteiger charge is 2.44. The number of nitrogens with zero attached hydrogens (tertiary/aromatic N) is 1. The molecule has 1 unspecified atom stereocenters. The van der Waals surface area contributed by atoms with Crippen molar-refractivity contribution in [3.05, 3.63) is 71.2 Å². The van der Waals surface area contributed by atoms with E-state index in [1.807, 2.05) is 0 Å². The second kappa shape index (κ2) is 10.2. The maximum Gasteiger partial charge on any atom is 0.290 e. The number of ether oxygens (including phenoxy) is 3. The number of aliphatic hydroxyl groups is 1. The number of aliphatic hydroxyl groups excluding tert-OH is 1. The molecule has 0 bridgehead atoms. The zero-order valence-corrected chi connectivity index (χ0v) is 20.2. The molecule has 1 amide bonds. The number of benzene rings is 2. The van der Waals surface area contributed by atoms with Crippen molar-refractivity contribution < 1.29 is 33.3 Å². The number of methoxy groups -OCH3 is 2. The van der Waals surface area contributed by atoms with Crippen LogP contribution in [0.25, 0.3) is 11.0 Å². The highest BCUT2D eigenvalue weighted by atomic mass is 16.5. The number of hydrogen-bond donors (Lipinski definition) is 1. The fourth-order valence-electron chi connectivity index (χ4n) is 4.10. The molecular weight excluding hydrogens is 450 g/mol. The summed E-state index contributed by atoms with van der Waals surface area (Å²) in [5.41, 5.74) is 1.04. The van der Waals surface area contributed by atoms with Gasteiger partial charge in [-0.15, -0.1) is 0 Å². The van der Waals surface area contributed by atoms with Crippen LogP contribution >= 0.6 is 0 Å². The summed E-state index contributed by atoms with van der Waals surface area (Å²) in [5, 5.41) is 11.5. The highest BCUT2D eigenvalue weighted by Crippen LogP contribution is 2.40. The van der Waals surface area contributed by atoms with Crippen LogP contribution in [0.1, 0.15) is 36.0 Å². The van der Waals surface area contributed by atoms with Gasteiger partial charge in [0.05, 0.1) is 31.9 Å². The Labute approximate surface area is 203 Å². The lowest BCUT2D eigenvalue weighted by Crippen LogP contribution is -2.34. The molecule has 8 nitrogen and oxygen atoms in total. The highest BCUT2D eigenvalue weighted by molar-refractivity contribution is 6.16. The number of Topliss-reactive ketones (excluding diaryl/α,β-unsaturated/α-hetero) is 1. The molecular formula is C27H29NO7. The standard InChI is InChI=1S/C27H29NO7/c1-16(2)15-34-19-10-8-17(9-11-19)23-22(25(30)27(31)28(23)12-13-32-3)24(29)21-14-18-6-5-7-20(33-4)26(18)35-21/h5-11,14,16,23,30H,12-13,15H2,1-4H3. The summed E-state index contributed by atoms with van der Waals surface area (Å²) in [5.74, 6) is -0.252. The Morgan fingerprint density at radius 3 is 2.54 bits per heavy atom. The molecule has 0 saturated heterocycles. The van der Waals surface area contributed by atoms with Crippen molar-refractivity contribution in [1.82, 2.24) is 4.90 Å². The fraction of sp³-hybridized carbons (Fsp3) is 0.333. The molecule has 0 saturated carbocycles. The van der Waals surface area contributed by atoms with Crippen molar-refractivity contribution in [1.29, 1.82) is 0 Å². The van der Waals surface area contributed by atoms with Gasteiger partial charge in [-0.2, -0.15) is 0 Å². The monoisotopic (exact) mass is 479 g/mol. The van der Waals surface area contributed by atoms with E-state index in [9.17, 15) is 14.7 Å². The van der Waals surface area contributed by atoms with Gasteiger partial charge in [0.2, 0.25) is 5.78 Å². The molecule has 0 radical (unpaired) electrons. The van der Waals surface area contributed by atoms with Gasteiger partial charge in [0.1, 0.15) is 5.75 Å². The molecule has 3 aromatic rings. The van der Waals surface area contributed by atoms with Gasteiger partial charge >= 0.3 is 0 Å². The minimum Gasteiger partial charge on any atom is -0.503 e. The molecule has 0 fully saturated rings. The topological polar surface area (TPSA) is 98.4 Å². The summed E-state index contributed by atoms with van der Waals surface area (Å²) >= 11 is 0. The molecule has 0 aliphatic carbocycles. The number of fused-ring (bicyclic) bond motifs is 1. The number of furan rings is 1. The van der Waals surface area contributed by atoms with Crippen LogP contribution in [0.4, 0.5) is 0 Å². The summed E-state index contributed by atoms with van der Waals surface area (Å²) in [6.45, 7) is 5.13. The van der Waals surface area contributed by atoms with Gasteiger partial charge in [-0.1, -0.05) is 38.1 Å². The largest absolute Gasteiger partial charge is 0.503 e. The lowest BCUT2D eigenvalue weighted by Gasteiger charge is -2.26. The molecule has 8 heteroatoms. The maximum absolute atomic E-state index is 13.6. The number of ketones is 1. The minimum atomic E-state index is -0.806. The summed E-state index contributed by atoms with van der Waals surface area (Å²) in [6, 6.07) is 13.3. The van der Waals surface area contributed by atoms with E-state index in [0.717, 1.165) is 0 Å². The first-order chi connectivity index (χ1) is 16.8. The van der Waals surface area contributed by atoms with Crippen molar-refractivity contribution in [2.45, 2.75) is 19.9 Å². The lowest BCUT2D eigenvalue weighted by molar-refractivity contribution is -0.130. The van der Waals surface area contributed by atoms with E-state index in [4.69, 9.17) is 18.6 Å². The van der Waals surface area contributed by atoms with Crippen LogP contribution in [-0.4, -0.2) is 55.7 Å².